The molecule has 0 unspecified atom stereocenters. The number of rotatable bonds is 7. The van der Waals surface area contributed by atoms with Crippen LogP contribution in [0.25, 0.3) is 0 Å². The van der Waals surface area contributed by atoms with Crippen molar-refractivity contribution in [1.82, 2.24) is 4.90 Å². The van der Waals surface area contributed by atoms with Crippen LogP contribution in [0.1, 0.15) is 37.7 Å². The number of hydrogen-bond donors (Lipinski definition) is 0. The molecule has 4 nitrogen and oxygen atoms in total. The maximum Gasteiger partial charge on any atom is 0.119 e. The summed E-state index contributed by atoms with van der Waals surface area (Å²) in [6.07, 6.45) is 6.74. The minimum Gasteiger partial charge on any atom is -0.490 e. The second kappa shape index (κ2) is 8.67. The molecule has 1 heterocycles. The summed E-state index contributed by atoms with van der Waals surface area (Å²) in [6.45, 7) is 4.56. The molecule has 128 valence electrons. The first-order valence-corrected chi connectivity index (χ1v) is 8.92. The number of hydrogen-bond acceptors (Lipinski definition) is 4. The molecule has 1 aromatic carbocycles. The maximum atomic E-state index is 6.03. The molecule has 0 spiro atoms. The van der Waals surface area contributed by atoms with Gasteiger partial charge in [0, 0.05) is 33.4 Å². The minimum absolute atomic E-state index is 0.300. The Morgan fingerprint density at radius 3 is 2.70 bits per heavy atom. The van der Waals surface area contributed by atoms with E-state index in [1.807, 2.05) is 0 Å². The van der Waals surface area contributed by atoms with E-state index in [0.29, 0.717) is 12.2 Å². The van der Waals surface area contributed by atoms with E-state index < -0.39 is 0 Å². The Balaban J connectivity index is 1.47. The SMILES string of the molecule is COCC[C@@H]1CN(Cc2ccc(OC3CCCC3)cc2)CCO1. The lowest BCUT2D eigenvalue weighted by Crippen LogP contribution is -2.42. The van der Waals surface area contributed by atoms with Gasteiger partial charge in [0.05, 0.1) is 18.8 Å². The third kappa shape index (κ3) is 5.20. The Morgan fingerprint density at radius 1 is 1.17 bits per heavy atom. The van der Waals surface area contributed by atoms with E-state index in [2.05, 4.69) is 29.2 Å². The van der Waals surface area contributed by atoms with Crippen molar-refractivity contribution in [3.8, 4) is 5.75 Å². The van der Waals surface area contributed by atoms with Gasteiger partial charge < -0.3 is 14.2 Å². The highest BCUT2D eigenvalue weighted by Gasteiger charge is 2.20. The Bertz CT molecular complexity index is 456. The standard InChI is InChI=1S/C19H29NO3/c1-21-12-10-19-15-20(11-13-22-19)14-16-6-8-18(9-7-16)23-17-4-2-3-5-17/h6-9,17,19H,2-5,10-15H2,1H3/t19-/m1/s1. The molecule has 1 aromatic rings. The molecule has 23 heavy (non-hydrogen) atoms. The van der Waals surface area contributed by atoms with Gasteiger partial charge in [-0.1, -0.05) is 12.1 Å². The highest BCUT2D eigenvalue weighted by Crippen LogP contribution is 2.24. The van der Waals surface area contributed by atoms with Gasteiger partial charge in [-0.05, 0) is 49.8 Å². The van der Waals surface area contributed by atoms with Crippen LogP contribution < -0.4 is 4.74 Å². The highest BCUT2D eigenvalue weighted by atomic mass is 16.5. The van der Waals surface area contributed by atoms with Crippen molar-refractivity contribution in [1.29, 1.82) is 0 Å². The summed E-state index contributed by atoms with van der Waals surface area (Å²) >= 11 is 0. The Hall–Kier alpha value is -1.10. The van der Waals surface area contributed by atoms with Crippen molar-refractivity contribution in [3.05, 3.63) is 29.8 Å². The van der Waals surface area contributed by atoms with Crippen LogP contribution in [0.4, 0.5) is 0 Å². The summed E-state index contributed by atoms with van der Waals surface area (Å²) in [7, 11) is 1.75. The van der Waals surface area contributed by atoms with Crippen molar-refractivity contribution in [2.45, 2.75) is 50.9 Å². The van der Waals surface area contributed by atoms with Crippen LogP contribution in [0.5, 0.6) is 5.75 Å². The lowest BCUT2D eigenvalue weighted by Gasteiger charge is -2.33. The second-order valence-electron chi connectivity index (χ2n) is 6.68. The van der Waals surface area contributed by atoms with Crippen molar-refractivity contribution < 1.29 is 14.2 Å². The van der Waals surface area contributed by atoms with Crippen LogP contribution in [0, 0.1) is 0 Å². The molecule has 0 N–H and O–H groups in total. The molecule has 1 saturated carbocycles. The minimum atomic E-state index is 0.300. The van der Waals surface area contributed by atoms with Gasteiger partial charge in [0.15, 0.2) is 0 Å². The first-order chi connectivity index (χ1) is 11.3. The van der Waals surface area contributed by atoms with E-state index in [0.717, 1.165) is 45.0 Å². The predicted octanol–water partition coefficient (Wildman–Crippen LogP) is 3.25. The molecule has 2 aliphatic rings. The molecule has 0 amide bonds. The predicted molar refractivity (Wildman–Crippen MR) is 90.8 cm³/mol. The summed E-state index contributed by atoms with van der Waals surface area (Å²) in [5, 5.41) is 0. The molecule has 0 bridgehead atoms. The molecule has 1 saturated heterocycles. The van der Waals surface area contributed by atoms with Crippen molar-refractivity contribution in [3.63, 3.8) is 0 Å². The van der Waals surface area contributed by atoms with Crippen LogP contribution >= 0.6 is 0 Å². The molecule has 1 aliphatic carbocycles. The topological polar surface area (TPSA) is 30.9 Å². The Kier molecular flexibility index (Phi) is 6.31. The van der Waals surface area contributed by atoms with E-state index in [4.69, 9.17) is 14.2 Å². The zero-order valence-corrected chi connectivity index (χ0v) is 14.2. The molecule has 3 rings (SSSR count). The van der Waals surface area contributed by atoms with E-state index >= 15 is 0 Å². The van der Waals surface area contributed by atoms with Gasteiger partial charge in [-0.25, -0.2) is 0 Å². The summed E-state index contributed by atoms with van der Waals surface area (Å²) in [5.41, 5.74) is 1.34. The average molecular weight is 319 g/mol. The third-order valence-corrected chi connectivity index (χ3v) is 4.80. The van der Waals surface area contributed by atoms with Gasteiger partial charge in [-0.2, -0.15) is 0 Å². The second-order valence-corrected chi connectivity index (χ2v) is 6.68. The lowest BCUT2D eigenvalue weighted by atomic mass is 10.1. The Morgan fingerprint density at radius 2 is 1.96 bits per heavy atom. The van der Waals surface area contributed by atoms with Gasteiger partial charge >= 0.3 is 0 Å². The van der Waals surface area contributed by atoms with Crippen LogP contribution in [-0.4, -0.2) is 50.5 Å². The zero-order chi connectivity index (χ0) is 15.9. The van der Waals surface area contributed by atoms with E-state index in [1.54, 1.807) is 7.11 Å². The van der Waals surface area contributed by atoms with Crippen molar-refractivity contribution in [2.75, 3.05) is 33.4 Å². The summed E-state index contributed by atoms with van der Waals surface area (Å²) in [6, 6.07) is 8.64. The average Bonchev–Trinajstić information content (AvgIpc) is 3.08. The van der Waals surface area contributed by atoms with Crippen molar-refractivity contribution in [2.24, 2.45) is 0 Å². The molecular formula is C19H29NO3. The number of nitrogens with zero attached hydrogens (tertiary/aromatic N) is 1. The van der Waals surface area contributed by atoms with Gasteiger partial charge in [-0.3, -0.25) is 4.90 Å². The van der Waals surface area contributed by atoms with Crippen molar-refractivity contribution >= 4 is 0 Å². The third-order valence-electron chi connectivity index (χ3n) is 4.80. The van der Waals surface area contributed by atoms with Gasteiger partial charge in [0.1, 0.15) is 5.75 Å². The summed E-state index contributed by atoms with van der Waals surface area (Å²) in [4.78, 5) is 2.47. The van der Waals surface area contributed by atoms with Crippen LogP contribution in [0.15, 0.2) is 24.3 Å². The normalized spacial score (nSPS) is 23.3. The summed E-state index contributed by atoms with van der Waals surface area (Å²) < 4.78 is 17.0. The number of benzene rings is 1. The number of ether oxygens (including phenoxy) is 3. The smallest absolute Gasteiger partial charge is 0.119 e. The largest absolute Gasteiger partial charge is 0.490 e. The van der Waals surface area contributed by atoms with Gasteiger partial charge in [0.25, 0.3) is 0 Å². The fourth-order valence-corrected chi connectivity index (χ4v) is 3.48. The molecule has 0 aromatic heterocycles. The number of morpholine rings is 1. The molecule has 4 heteroatoms. The van der Waals surface area contributed by atoms with Crippen LogP contribution in [-0.2, 0) is 16.0 Å². The summed E-state index contributed by atoms with van der Waals surface area (Å²) in [5.74, 6) is 1.01. The molecular weight excluding hydrogens is 290 g/mol. The molecule has 1 atom stereocenters. The molecule has 2 fully saturated rings. The number of methoxy groups -OCH3 is 1. The highest BCUT2D eigenvalue weighted by molar-refractivity contribution is 5.27. The zero-order valence-electron chi connectivity index (χ0n) is 14.2. The Labute approximate surface area is 139 Å². The molecule has 1 aliphatic heterocycles. The van der Waals surface area contributed by atoms with Crippen LogP contribution in [0.2, 0.25) is 0 Å². The molecule has 0 radical (unpaired) electrons. The fraction of sp³-hybridized carbons (Fsp3) is 0.684. The first kappa shape index (κ1) is 16.7. The maximum absolute atomic E-state index is 6.03. The van der Waals surface area contributed by atoms with E-state index in [1.165, 1.54) is 31.2 Å². The monoisotopic (exact) mass is 319 g/mol. The fourth-order valence-electron chi connectivity index (χ4n) is 3.48. The first-order valence-electron chi connectivity index (χ1n) is 8.92. The van der Waals surface area contributed by atoms with Crippen LogP contribution in [0.3, 0.4) is 0 Å². The van der Waals surface area contributed by atoms with Gasteiger partial charge in [-0.15, -0.1) is 0 Å². The van der Waals surface area contributed by atoms with E-state index in [9.17, 15) is 0 Å². The van der Waals surface area contributed by atoms with E-state index in [-0.39, 0.29) is 0 Å². The quantitative estimate of drug-likeness (QED) is 0.772. The lowest BCUT2D eigenvalue weighted by molar-refractivity contribution is -0.0432. The van der Waals surface area contributed by atoms with Gasteiger partial charge in [0.2, 0.25) is 0 Å².